The number of rotatable bonds is 6. The quantitative estimate of drug-likeness (QED) is 0.667. The maximum atomic E-state index is 12.7. The highest BCUT2D eigenvalue weighted by Crippen LogP contribution is 2.27. The Bertz CT molecular complexity index is 1050. The van der Waals surface area contributed by atoms with Crippen LogP contribution in [0.4, 0.5) is 5.82 Å². The fourth-order valence-corrected chi connectivity index (χ4v) is 4.41. The Kier molecular flexibility index (Phi) is 5.06. The Hall–Kier alpha value is -2.84. The summed E-state index contributed by atoms with van der Waals surface area (Å²) in [5, 5.41) is 7.21. The van der Waals surface area contributed by atoms with E-state index in [2.05, 4.69) is 32.0 Å². The van der Waals surface area contributed by atoms with Gasteiger partial charge in [-0.25, -0.2) is 8.42 Å². The van der Waals surface area contributed by atoms with Crippen molar-refractivity contribution in [3.05, 3.63) is 71.4 Å². The number of nitrogens with one attached hydrogen (secondary N) is 2. The zero-order valence-electron chi connectivity index (χ0n) is 15.6. The minimum Gasteiger partial charge on any atom is -0.497 e. The van der Waals surface area contributed by atoms with E-state index in [0.717, 1.165) is 30.8 Å². The lowest BCUT2D eigenvalue weighted by Crippen LogP contribution is -2.30. The Balaban J connectivity index is 1.48. The molecule has 0 amide bonds. The van der Waals surface area contributed by atoms with Gasteiger partial charge >= 0.3 is 0 Å². The molecule has 0 radical (unpaired) electrons. The largest absolute Gasteiger partial charge is 0.497 e. The molecule has 4 rings (SSSR count). The van der Waals surface area contributed by atoms with E-state index in [0.29, 0.717) is 18.1 Å². The highest BCUT2D eigenvalue weighted by Gasteiger charge is 2.25. The molecule has 1 aromatic heterocycles. The van der Waals surface area contributed by atoms with Crippen molar-refractivity contribution in [1.82, 2.24) is 15.1 Å². The predicted octanol–water partition coefficient (Wildman–Crippen LogP) is 2.78. The van der Waals surface area contributed by atoms with Gasteiger partial charge in [0.25, 0.3) is 10.0 Å². The van der Waals surface area contributed by atoms with Crippen molar-refractivity contribution >= 4 is 15.8 Å². The molecular weight excluding hydrogens is 376 g/mol. The SMILES string of the molecule is COc1ccc(S(=O)(=O)Nc2n[nH]c3c2CCN(Cc2ccccc2)C3)cc1. The highest BCUT2D eigenvalue weighted by atomic mass is 32.2. The van der Waals surface area contributed by atoms with Gasteiger partial charge in [-0.1, -0.05) is 30.3 Å². The number of H-pyrrole nitrogens is 1. The van der Waals surface area contributed by atoms with Crippen molar-refractivity contribution in [2.75, 3.05) is 18.4 Å². The Labute approximate surface area is 164 Å². The molecule has 2 aromatic carbocycles. The zero-order valence-corrected chi connectivity index (χ0v) is 16.4. The van der Waals surface area contributed by atoms with Crippen LogP contribution in [0, 0.1) is 0 Å². The molecular formula is C20H22N4O3S. The highest BCUT2D eigenvalue weighted by molar-refractivity contribution is 7.92. The van der Waals surface area contributed by atoms with E-state index in [1.54, 1.807) is 19.2 Å². The van der Waals surface area contributed by atoms with Gasteiger partial charge in [0.2, 0.25) is 0 Å². The van der Waals surface area contributed by atoms with Gasteiger partial charge in [0, 0.05) is 25.2 Å². The van der Waals surface area contributed by atoms with E-state index in [4.69, 9.17) is 4.74 Å². The van der Waals surface area contributed by atoms with Crippen LogP contribution < -0.4 is 9.46 Å². The van der Waals surface area contributed by atoms with Crippen LogP contribution in [0.5, 0.6) is 5.75 Å². The van der Waals surface area contributed by atoms with Gasteiger partial charge in [-0.05, 0) is 36.2 Å². The second kappa shape index (κ2) is 7.65. The number of fused-ring (bicyclic) bond motifs is 1. The first-order chi connectivity index (χ1) is 13.5. The molecule has 8 heteroatoms. The fourth-order valence-electron chi connectivity index (χ4n) is 3.38. The first kappa shape index (κ1) is 18.5. The molecule has 1 aliphatic heterocycles. The molecule has 3 aromatic rings. The number of hydrogen-bond acceptors (Lipinski definition) is 5. The molecule has 0 bridgehead atoms. The summed E-state index contributed by atoms with van der Waals surface area (Å²) in [5.41, 5.74) is 3.14. The van der Waals surface area contributed by atoms with E-state index in [1.165, 1.54) is 17.7 Å². The van der Waals surface area contributed by atoms with E-state index in [9.17, 15) is 8.42 Å². The molecule has 0 saturated heterocycles. The Morgan fingerprint density at radius 2 is 1.89 bits per heavy atom. The predicted molar refractivity (Wildman–Crippen MR) is 107 cm³/mol. The Morgan fingerprint density at radius 1 is 1.14 bits per heavy atom. The van der Waals surface area contributed by atoms with Gasteiger partial charge in [0.05, 0.1) is 17.7 Å². The van der Waals surface area contributed by atoms with E-state index in [1.807, 2.05) is 18.2 Å². The standard InChI is InChI=1S/C20H22N4O3S/c1-27-16-7-9-17(10-8-16)28(25,26)23-20-18-11-12-24(14-19(18)21-22-20)13-15-5-3-2-4-6-15/h2-10H,11-14H2,1H3,(H2,21,22,23). The van der Waals surface area contributed by atoms with Gasteiger partial charge in [-0.2, -0.15) is 5.10 Å². The van der Waals surface area contributed by atoms with E-state index < -0.39 is 10.0 Å². The number of nitrogens with zero attached hydrogens (tertiary/aromatic N) is 2. The number of sulfonamides is 1. The van der Waals surface area contributed by atoms with Gasteiger partial charge in [-0.15, -0.1) is 0 Å². The zero-order chi connectivity index (χ0) is 19.6. The number of hydrogen-bond donors (Lipinski definition) is 2. The number of aromatic nitrogens is 2. The molecule has 0 saturated carbocycles. The number of anilines is 1. The summed E-state index contributed by atoms with van der Waals surface area (Å²) in [4.78, 5) is 2.49. The maximum Gasteiger partial charge on any atom is 0.263 e. The van der Waals surface area contributed by atoms with Crippen molar-refractivity contribution in [3.8, 4) is 5.75 Å². The number of benzene rings is 2. The molecule has 2 N–H and O–H groups in total. The first-order valence-electron chi connectivity index (χ1n) is 9.04. The summed E-state index contributed by atoms with van der Waals surface area (Å²) < 4.78 is 33.0. The minimum absolute atomic E-state index is 0.173. The second-order valence-electron chi connectivity index (χ2n) is 6.76. The van der Waals surface area contributed by atoms with Crippen LogP contribution in [-0.4, -0.2) is 37.2 Å². The monoisotopic (exact) mass is 398 g/mol. The third-order valence-electron chi connectivity index (χ3n) is 4.86. The first-order valence-corrected chi connectivity index (χ1v) is 10.5. The van der Waals surface area contributed by atoms with Crippen LogP contribution in [-0.2, 0) is 29.5 Å². The molecule has 28 heavy (non-hydrogen) atoms. The van der Waals surface area contributed by atoms with Crippen LogP contribution in [0.2, 0.25) is 0 Å². The second-order valence-corrected chi connectivity index (χ2v) is 8.44. The van der Waals surface area contributed by atoms with Crippen LogP contribution in [0.25, 0.3) is 0 Å². The van der Waals surface area contributed by atoms with Crippen molar-refractivity contribution < 1.29 is 13.2 Å². The van der Waals surface area contributed by atoms with Crippen molar-refractivity contribution in [3.63, 3.8) is 0 Å². The topological polar surface area (TPSA) is 87.3 Å². The van der Waals surface area contributed by atoms with Gasteiger partial charge in [-0.3, -0.25) is 14.7 Å². The molecule has 0 fully saturated rings. The van der Waals surface area contributed by atoms with Crippen LogP contribution in [0.3, 0.4) is 0 Å². The lowest BCUT2D eigenvalue weighted by Gasteiger charge is -2.26. The summed E-state index contributed by atoms with van der Waals surface area (Å²) in [6.07, 6.45) is 0.735. The third-order valence-corrected chi connectivity index (χ3v) is 6.22. The summed E-state index contributed by atoms with van der Waals surface area (Å²) in [7, 11) is -2.16. The number of ether oxygens (including phenoxy) is 1. The van der Waals surface area contributed by atoms with E-state index in [-0.39, 0.29) is 4.90 Å². The lowest BCUT2D eigenvalue weighted by atomic mass is 10.1. The molecule has 7 nitrogen and oxygen atoms in total. The average molecular weight is 398 g/mol. The molecule has 1 aliphatic rings. The lowest BCUT2D eigenvalue weighted by molar-refractivity contribution is 0.242. The summed E-state index contributed by atoms with van der Waals surface area (Å²) in [5.74, 6) is 0.986. The Morgan fingerprint density at radius 3 is 2.61 bits per heavy atom. The van der Waals surface area contributed by atoms with Crippen LogP contribution in [0.15, 0.2) is 59.5 Å². The third kappa shape index (κ3) is 3.88. The minimum atomic E-state index is -3.71. The van der Waals surface area contributed by atoms with Crippen molar-refractivity contribution in [1.29, 1.82) is 0 Å². The molecule has 0 spiro atoms. The maximum absolute atomic E-state index is 12.7. The van der Waals surface area contributed by atoms with Gasteiger partial charge < -0.3 is 4.74 Å². The molecule has 146 valence electrons. The molecule has 0 atom stereocenters. The van der Waals surface area contributed by atoms with Crippen molar-refractivity contribution in [2.24, 2.45) is 0 Å². The normalized spacial score (nSPS) is 14.5. The molecule has 2 heterocycles. The number of methoxy groups -OCH3 is 1. The summed E-state index contributed by atoms with van der Waals surface area (Å²) in [6.45, 7) is 2.41. The van der Waals surface area contributed by atoms with Gasteiger partial charge in [0.15, 0.2) is 5.82 Å². The van der Waals surface area contributed by atoms with Crippen LogP contribution in [0.1, 0.15) is 16.8 Å². The fraction of sp³-hybridized carbons (Fsp3) is 0.250. The van der Waals surface area contributed by atoms with Crippen molar-refractivity contribution in [2.45, 2.75) is 24.4 Å². The molecule has 0 aliphatic carbocycles. The molecule has 0 unspecified atom stereocenters. The van der Waals surface area contributed by atoms with Crippen LogP contribution >= 0.6 is 0 Å². The van der Waals surface area contributed by atoms with E-state index >= 15 is 0 Å². The number of aromatic amines is 1. The summed E-state index contributed by atoms with van der Waals surface area (Å²) >= 11 is 0. The van der Waals surface area contributed by atoms with Gasteiger partial charge in [0.1, 0.15) is 5.75 Å². The average Bonchev–Trinajstić information content (AvgIpc) is 3.10. The smallest absolute Gasteiger partial charge is 0.263 e. The summed E-state index contributed by atoms with van der Waals surface area (Å²) in [6, 6.07) is 16.6.